The first-order valence-corrected chi connectivity index (χ1v) is 11.7. The Morgan fingerprint density at radius 1 is 0.656 bits per heavy atom. The summed E-state index contributed by atoms with van der Waals surface area (Å²) in [6.45, 7) is 1.67. The summed E-state index contributed by atoms with van der Waals surface area (Å²) >= 11 is 0. The van der Waals surface area contributed by atoms with Crippen molar-refractivity contribution in [2.45, 2.75) is 113 Å². The molecule has 11 heteroatoms. The molecule has 0 aromatic carbocycles. The first-order valence-electron chi connectivity index (χ1n) is 11.7. The Bertz CT molecular complexity index is 511. The number of ether oxygens (including phenoxy) is 3. The van der Waals surface area contributed by atoms with Gasteiger partial charge in [-0.1, -0.05) is 45.4 Å². The molecule has 0 bridgehead atoms. The molecule has 32 heavy (non-hydrogen) atoms. The van der Waals surface area contributed by atoms with E-state index in [-0.39, 0.29) is 0 Å². The van der Waals surface area contributed by atoms with Crippen molar-refractivity contribution in [1.29, 1.82) is 0 Å². The molecule has 2 fully saturated rings. The van der Waals surface area contributed by atoms with Crippen LogP contribution in [-0.4, -0.2) is 117 Å². The molecule has 8 N–H and O–H groups in total. The van der Waals surface area contributed by atoms with Crippen LogP contribution >= 0.6 is 0 Å². The second-order valence-corrected chi connectivity index (χ2v) is 8.64. The van der Waals surface area contributed by atoms with E-state index in [1.54, 1.807) is 0 Å². The Kier molecular flexibility index (Phi) is 12.2. The minimum atomic E-state index is -1.68. The van der Waals surface area contributed by atoms with E-state index in [1.807, 2.05) is 0 Å². The average molecular weight is 468 g/mol. The predicted molar refractivity (Wildman–Crippen MR) is 112 cm³/mol. The second-order valence-electron chi connectivity index (χ2n) is 8.64. The maximum Gasteiger partial charge on any atom is 0.189 e. The van der Waals surface area contributed by atoms with Crippen LogP contribution in [0.4, 0.5) is 0 Å². The van der Waals surface area contributed by atoms with Gasteiger partial charge < -0.3 is 55.3 Å². The summed E-state index contributed by atoms with van der Waals surface area (Å²) in [7, 11) is 0. The molecule has 10 atom stereocenters. The number of aliphatic hydroxyl groups is 7. The third kappa shape index (κ3) is 7.28. The van der Waals surface area contributed by atoms with E-state index in [1.165, 1.54) is 25.7 Å². The van der Waals surface area contributed by atoms with Crippen LogP contribution in [-0.2, 0) is 14.2 Å². The van der Waals surface area contributed by atoms with Gasteiger partial charge in [-0.25, -0.2) is 0 Å². The highest BCUT2D eigenvalue weighted by Gasteiger charge is 2.49. The summed E-state index contributed by atoms with van der Waals surface area (Å²) in [6, 6.07) is -0.732. The standard InChI is InChI=1S/C21H41NO10/c1-2-3-4-5-6-7-8-9-22-14-12(10-23)30-20(18(28)16(14)26)32-21-19(29)17(27)15(25)13(11-24)31-21/h12-29H,2-11H2,1H3/t12?,13?,14-,15-,16?,17?,18+,19?,20-,21-/m1/s1. The van der Waals surface area contributed by atoms with E-state index in [4.69, 9.17) is 14.2 Å². The van der Waals surface area contributed by atoms with Crippen LogP contribution in [0.15, 0.2) is 0 Å². The van der Waals surface area contributed by atoms with Gasteiger partial charge in [0.2, 0.25) is 0 Å². The fourth-order valence-corrected chi connectivity index (χ4v) is 4.11. The number of hydrogen-bond acceptors (Lipinski definition) is 11. The summed E-state index contributed by atoms with van der Waals surface area (Å²) in [5.74, 6) is 0. The lowest BCUT2D eigenvalue weighted by molar-refractivity contribution is -0.370. The first-order chi connectivity index (χ1) is 15.3. The van der Waals surface area contributed by atoms with Crippen LogP contribution in [0.3, 0.4) is 0 Å². The molecule has 0 amide bonds. The predicted octanol–water partition coefficient (Wildman–Crippen LogP) is -2.05. The number of hydrogen-bond donors (Lipinski definition) is 8. The first kappa shape index (κ1) is 27.8. The van der Waals surface area contributed by atoms with Crippen molar-refractivity contribution in [2.75, 3.05) is 19.8 Å². The SMILES string of the molecule is CCCCCCCCCN[C@@H]1C(CO)O[C@H](O[C@H]2OC(CO)[C@@H](O)C(O)C2O)[C@@H](O)C1O. The lowest BCUT2D eigenvalue weighted by Gasteiger charge is -2.45. The Hall–Kier alpha value is -0.440. The highest BCUT2D eigenvalue weighted by atomic mass is 16.8. The van der Waals surface area contributed by atoms with Gasteiger partial charge in [0.25, 0.3) is 0 Å². The van der Waals surface area contributed by atoms with E-state index >= 15 is 0 Å². The molecule has 11 nitrogen and oxygen atoms in total. The highest BCUT2D eigenvalue weighted by Crippen LogP contribution is 2.28. The normalized spacial score (nSPS) is 40.5. The molecule has 2 rings (SSSR count). The topological polar surface area (TPSA) is 181 Å². The van der Waals surface area contributed by atoms with Gasteiger partial charge in [-0.2, -0.15) is 0 Å². The van der Waals surface area contributed by atoms with Crippen molar-refractivity contribution in [2.24, 2.45) is 0 Å². The molecule has 0 radical (unpaired) electrons. The minimum absolute atomic E-state index is 0.451. The summed E-state index contributed by atoms with van der Waals surface area (Å²) in [4.78, 5) is 0. The summed E-state index contributed by atoms with van der Waals surface area (Å²) in [6.07, 6.45) is -4.92. The second kappa shape index (κ2) is 14.1. The summed E-state index contributed by atoms with van der Waals surface area (Å²) in [5, 5.41) is 73.0. The van der Waals surface area contributed by atoms with Crippen LogP contribution in [0, 0.1) is 0 Å². The lowest BCUT2D eigenvalue weighted by atomic mass is 9.95. The molecule has 5 unspecified atom stereocenters. The average Bonchev–Trinajstić information content (AvgIpc) is 2.79. The zero-order valence-corrected chi connectivity index (χ0v) is 18.7. The molecular formula is C21H41NO10. The monoisotopic (exact) mass is 467 g/mol. The smallest absolute Gasteiger partial charge is 0.189 e. The van der Waals surface area contributed by atoms with E-state index < -0.39 is 74.6 Å². The van der Waals surface area contributed by atoms with Crippen molar-refractivity contribution < 1.29 is 50.0 Å². The largest absolute Gasteiger partial charge is 0.394 e. The van der Waals surface area contributed by atoms with Crippen LogP contribution in [0.25, 0.3) is 0 Å². The van der Waals surface area contributed by atoms with Gasteiger partial charge in [-0.15, -0.1) is 0 Å². The maximum atomic E-state index is 10.6. The fraction of sp³-hybridized carbons (Fsp3) is 1.00. The molecule has 2 heterocycles. The Morgan fingerprint density at radius 2 is 1.19 bits per heavy atom. The van der Waals surface area contributed by atoms with Crippen molar-refractivity contribution >= 4 is 0 Å². The summed E-state index contributed by atoms with van der Waals surface area (Å²) < 4.78 is 16.3. The molecule has 190 valence electrons. The molecule has 0 aromatic rings. The number of rotatable bonds is 13. The van der Waals surface area contributed by atoms with E-state index in [0.29, 0.717) is 6.54 Å². The van der Waals surface area contributed by atoms with Gasteiger partial charge in [0.15, 0.2) is 12.6 Å². The number of aliphatic hydroxyl groups excluding tert-OH is 7. The molecule has 2 aliphatic rings. The third-order valence-electron chi connectivity index (χ3n) is 6.16. The van der Waals surface area contributed by atoms with Crippen LogP contribution in [0.1, 0.15) is 51.9 Å². The zero-order valence-electron chi connectivity index (χ0n) is 18.7. The van der Waals surface area contributed by atoms with Crippen molar-refractivity contribution in [3.05, 3.63) is 0 Å². The van der Waals surface area contributed by atoms with E-state index in [0.717, 1.165) is 19.3 Å². The van der Waals surface area contributed by atoms with Crippen LogP contribution in [0.5, 0.6) is 0 Å². The number of nitrogens with one attached hydrogen (secondary N) is 1. The van der Waals surface area contributed by atoms with Crippen LogP contribution in [0.2, 0.25) is 0 Å². The van der Waals surface area contributed by atoms with Crippen LogP contribution < -0.4 is 5.32 Å². The van der Waals surface area contributed by atoms with Gasteiger partial charge in [-0.05, 0) is 13.0 Å². The molecule has 0 aromatic heterocycles. The fourth-order valence-electron chi connectivity index (χ4n) is 4.11. The maximum absolute atomic E-state index is 10.6. The molecule has 2 aliphatic heterocycles. The van der Waals surface area contributed by atoms with Gasteiger partial charge >= 0.3 is 0 Å². The quantitative estimate of drug-likeness (QED) is 0.140. The molecule has 0 spiro atoms. The van der Waals surface area contributed by atoms with Crippen molar-refractivity contribution in [3.8, 4) is 0 Å². The zero-order chi connectivity index (χ0) is 23.7. The van der Waals surface area contributed by atoms with Crippen molar-refractivity contribution in [1.82, 2.24) is 5.32 Å². The lowest BCUT2D eigenvalue weighted by Crippen LogP contribution is -2.66. The molecular weight excluding hydrogens is 426 g/mol. The molecule has 2 saturated heterocycles. The number of unbranched alkanes of at least 4 members (excludes halogenated alkanes) is 6. The third-order valence-corrected chi connectivity index (χ3v) is 6.16. The van der Waals surface area contributed by atoms with Gasteiger partial charge in [-0.3, -0.25) is 0 Å². The Balaban J connectivity index is 1.85. The summed E-state index contributed by atoms with van der Waals surface area (Å²) in [5.41, 5.74) is 0. The van der Waals surface area contributed by atoms with E-state index in [9.17, 15) is 35.7 Å². The van der Waals surface area contributed by atoms with Crippen molar-refractivity contribution in [3.63, 3.8) is 0 Å². The molecule has 0 saturated carbocycles. The van der Waals surface area contributed by atoms with Gasteiger partial charge in [0.05, 0.1) is 19.3 Å². The Morgan fingerprint density at radius 3 is 1.78 bits per heavy atom. The molecule has 0 aliphatic carbocycles. The van der Waals surface area contributed by atoms with E-state index in [2.05, 4.69) is 12.2 Å². The highest BCUT2D eigenvalue weighted by molar-refractivity contribution is 4.95. The van der Waals surface area contributed by atoms with Gasteiger partial charge in [0.1, 0.15) is 42.7 Å². The minimum Gasteiger partial charge on any atom is -0.394 e. The Labute approximate surface area is 188 Å². The van der Waals surface area contributed by atoms with Gasteiger partial charge in [0, 0.05) is 0 Å².